The highest BCUT2D eigenvalue weighted by Crippen LogP contribution is 2.14. The number of benzene rings is 1. The van der Waals surface area contributed by atoms with Crippen molar-refractivity contribution in [1.82, 2.24) is 4.72 Å². The fraction of sp³-hybridized carbons (Fsp3) is 0.529. The summed E-state index contributed by atoms with van der Waals surface area (Å²) in [5, 5.41) is 0. The molecule has 8 nitrogen and oxygen atoms in total. The highest BCUT2D eigenvalue weighted by atomic mass is 32.2. The van der Waals surface area contributed by atoms with Crippen LogP contribution in [0.1, 0.15) is 37.0 Å². The van der Waals surface area contributed by atoms with Gasteiger partial charge in [0, 0.05) is 13.2 Å². The van der Waals surface area contributed by atoms with Gasteiger partial charge in [0.25, 0.3) is 0 Å². The molecule has 144 valence electrons. The molecule has 0 spiro atoms. The van der Waals surface area contributed by atoms with Gasteiger partial charge in [-0.2, -0.15) is 0 Å². The molecule has 1 aliphatic heterocycles. The lowest BCUT2D eigenvalue weighted by Gasteiger charge is -2.12. The molecular weight excluding hydrogens is 362 g/mol. The second-order valence-electron chi connectivity index (χ2n) is 6.13. The maximum Gasteiger partial charge on any atom is 0.344 e. The summed E-state index contributed by atoms with van der Waals surface area (Å²) in [6.45, 7) is 3.73. The average Bonchev–Trinajstić information content (AvgIpc) is 3.11. The van der Waals surface area contributed by atoms with Gasteiger partial charge in [0.1, 0.15) is 0 Å². The van der Waals surface area contributed by atoms with E-state index in [0.29, 0.717) is 6.61 Å². The van der Waals surface area contributed by atoms with Crippen LogP contribution in [0.15, 0.2) is 29.2 Å². The minimum atomic E-state index is -3.69. The van der Waals surface area contributed by atoms with Crippen molar-refractivity contribution in [3.8, 4) is 0 Å². The highest BCUT2D eigenvalue weighted by molar-refractivity contribution is 7.89. The molecule has 0 amide bonds. The topological polar surface area (TPSA) is 108 Å². The van der Waals surface area contributed by atoms with Crippen LogP contribution in [0.5, 0.6) is 0 Å². The van der Waals surface area contributed by atoms with E-state index in [9.17, 15) is 18.0 Å². The monoisotopic (exact) mass is 385 g/mol. The molecule has 9 heteroatoms. The van der Waals surface area contributed by atoms with Crippen LogP contribution < -0.4 is 4.72 Å². The fourth-order valence-corrected chi connectivity index (χ4v) is 3.43. The van der Waals surface area contributed by atoms with E-state index in [1.54, 1.807) is 13.8 Å². The van der Waals surface area contributed by atoms with Crippen LogP contribution in [0.25, 0.3) is 0 Å². The van der Waals surface area contributed by atoms with E-state index in [4.69, 9.17) is 14.2 Å². The van der Waals surface area contributed by atoms with Gasteiger partial charge in [0.2, 0.25) is 10.0 Å². The van der Waals surface area contributed by atoms with Gasteiger partial charge in [-0.15, -0.1) is 0 Å². The van der Waals surface area contributed by atoms with Gasteiger partial charge in [-0.1, -0.05) is 0 Å². The molecule has 1 heterocycles. The Hall–Kier alpha value is -1.97. The molecule has 1 unspecified atom stereocenters. The van der Waals surface area contributed by atoms with E-state index >= 15 is 0 Å². The quantitative estimate of drug-likeness (QED) is 0.671. The number of sulfonamides is 1. The Morgan fingerprint density at radius 1 is 1.27 bits per heavy atom. The number of nitrogens with one attached hydrogen (secondary N) is 1. The molecule has 26 heavy (non-hydrogen) atoms. The number of hydrogen-bond acceptors (Lipinski definition) is 7. The molecule has 0 aliphatic carbocycles. The smallest absolute Gasteiger partial charge is 0.344 e. The second-order valence-corrected chi connectivity index (χ2v) is 7.89. The summed E-state index contributed by atoms with van der Waals surface area (Å²) in [6, 6.07) is 5.27. The third-order valence-electron chi connectivity index (χ3n) is 3.61. The second kappa shape index (κ2) is 9.11. The zero-order valence-corrected chi connectivity index (χ0v) is 15.6. The third-order valence-corrected chi connectivity index (χ3v) is 5.05. The van der Waals surface area contributed by atoms with Crippen molar-refractivity contribution in [1.29, 1.82) is 0 Å². The standard InChI is InChI=1S/C17H23NO7S/c1-12(2)25-16(19)11-24-17(20)13-5-7-15(8-6-13)26(21,22)18-10-14-4-3-9-23-14/h5-8,12,14,18H,3-4,9-11H2,1-2H3. The Morgan fingerprint density at radius 3 is 2.54 bits per heavy atom. The summed E-state index contributed by atoms with van der Waals surface area (Å²) in [4.78, 5) is 23.3. The first kappa shape index (κ1) is 20.3. The molecule has 1 aliphatic rings. The minimum Gasteiger partial charge on any atom is -0.460 e. The Kier molecular flexibility index (Phi) is 7.13. The van der Waals surface area contributed by atoms with Crippen LogP contribution in [0, 0.1) is 0 Å². The molecule has 1 aromatic carbocycles. The molecule has 1 fully saturated rings. The zero-order chi connectivity index (χ0) is 19.2. The number of carbonyl (C=O) groups is 2. The average molecular weight is 385 g/mol. The van der Waals surface area contributed by atoms with E-state index < -0.39 is 28.6 Å². The van der Waals surface area contributed by atoms with E-state index in [0.717, 1.165) is 12.8 Å². The number of ether oxygens (including phenoxy) is 3. The first-order valence-electron chi connectivity index (χ1n) is 8.36. The van der Waals surface area contributed by atoms with Crippen LogP contribution in [0.4, 0.5) is 0 Å². The van der Waals surface area contributed by atoms with Gasteiger partial charge < -0.3 is 14.2 Å². The summed E-state index contributed by atoms with van der Waals surface area (Å²) in [5.74, 6) is -1.38. The molecular formula is C17H23NO7S. The van der Waals surface area contributed by atoms with Gasteiger partial charge >= 0.3 is 11.9 Å². The molecule has 0 bridgehead atoms. The zero-order valence-electron chi connectivity index (χ0n) is 14.8. The minimum absolute atomic E-state index is 0.0336. The number of esters is 2. The van der Waals surface area contributed by atoms with Crippen molar-refractivity contribution in [2.75, 3.05) is 19.8 Å². The predicted molar refractivity (Wildman–Crippen MR) is 92.1 cm³/mol. The van der Waals surface area contributed by atoms with Crippen LogP contribution in [-0.2, 0) is 29.0 Å². The molecule has 0 saturated carbocycles. The maximum atomic E-state index is 12.2. The summed E-state index contributed by atoms with van der Waals surface area (Å²) in [5.41, 5.74) is 0.139. The summed E-state index contributed by atoms with van der Waals surface area (Å²) < 4.78 is 42.1. The van der Waals surface area contributed by atoms with E-state index in [1.165, 1.54) is 24.3 Å². The molecule has 1 atom stereocenters. The van der Waals surface area contributed by atoms with Gasteiger partial charge in [0.05, 0.1) is 22.7 Å². The third kappa shape index (κ3) is 6.08. The largest absolute Gasteiger partial charge is 0.460 e. The molecule has 1 aromatic rings. The van der Waals surface area contributed by atoms with E-state index in [-0.39, 0.29) is 29.2 Å². The fourth-order valence-electron chi connectivity index (χ4n) is 2.37. The summed E-state index contributed by atoms with van der Waals surface area (Å²) in [7, 11) is -3.69. The number of rotatable bonds is 8. The van der Waals surface area contributed by atoms with Crippen molar-refractivity contribution >= 4 is 22.0 Å². The Bertz CT molecular complexity index is 722. The van der Waals surface area contributed by atoms with Crippen molar-refractivity contribution in [3.63, 3.8) is 0 Å². The number of carbonyl (C=O) groups excluding carboxylic acids is 2. The van der Waals surface area contributed by atoms with Gasteiger partial charge in [-0.05, 0) is 51.0 Å². The summed E-state index contributed by atoms with van der Waals surface area (Å²) >= 11 is 0. The van der Waals surface area contributed by atoms with Crippen LogP contribution >= 0.6 is 0 Å². The Balaban J connectivity index is 1.89. The Morgan fingerprint density at radius 2 is 1.96 bits per heavy atom. The lowest BCUT2D eigenvalue weighted by molar-refractivity contribution is -0.150. The van der Waals surface area contributed by atoms with Crippen molar-refractivity contribution in [2.24, 2.45) is 0 Å². The first-order chi connectivity index (χ1) is 12.3. The van der Waals surface area contributed by atoms with Gasteiger partial charge in [-0.25, -0.2) is 22.7 Å². The van der Waals surface area contributed by atoms with E-state index in [2.05, 4.69) is 4.72 Å². The molecule has 1 N–H and O–H groups in total. The van der Waals surface area contributed by atoms with Crippen molar-refractivity contribution in [3.05, 3.63) is 29.8 Å². The van der Waals surface area contributed by atoms with Crippen LogP contribution in [0.2, 0.25) is 0 Å². The lowest BCUT2D eigenvalue weighted by Crippen LogP contribution is -2.31. The Labute approximate surface area is 152 Å². The molecule has 1 saturated heterocycles. The number of hydrogen-bond donors (Lipinski definition) is 1. The molecule has 0 aromatic heterocycles. The van der Waals surface area contributed by atoms with Crippen molar-refractivity contribution in [2.45, 2.75) is 43.8 Å². The van der Waals surface area contributed by atoms with Crippen LogP contribution in [0.3, 0.4) is 0 Å². The van der Waals surface area contributed by atoms with Gasteiger partial charge in [-0.3, -0.25) is 0 Å². The van der Waals surface area contributed by atoms with Gasteiger partial charge in [0.15, 0.2) is 6.61 Å². The van der Waals surface area contributed by atoms with Crippen molar-refractivity contribution < 1.29 is 32.2 Å². The SMILES string of the molecule is CC(C)OC(=O)COC(=O)c1ccc(S(=O)(=O)NCC2CCCO2)cc1. The predicted octanol–water partition coefficient (Wildman–Crippen LogP) is 1.25. The highest BCUT2D eigenvalue weighted by Gasteiger charge is 2.21. The van der Waals surface area contributed by atoms with Crippen LogP contribution in [-0.4, -0.2) is 52.3 Å². The molecule has 2 rings (SSSR count). The first-order valence-corrected chi connectivity index (χ1v) is 9.84. The maximum absolute atomic E-state index is 12.2. The van der Waals surface area contributed by atoms with E-state index in [1.807, 2.05) is 0 Å². The molecule has 0 radical (unpaired) electrons. The summed E-state index contributed by atoms with van der Waals surface area (Å²) in [6.07, 6.45) is 1.35. The normalized spacial score (nSPS) is 17.3. The lowest BCUT2D eigenvalue weighted by atomic mass is 10.2.